The molecule has 0 heterocycles. The molecule has 0 rings (SSSR count). The monoisotopic (exact) mass is 1950 g/mol. The number of carboxylic acid groups (broad SMARTS) is 12. The molecule has 0 spiro atoms. The second kappa shape index (κ2) is 119. The van der Waals surface area contributed by atoms with Crippen molar-refractivity contribution in [2.75, 3.05) is 13.2 Å². The van der Waals surface area contributed by atoms with Crippen LogP contribution in [-0.4, -0.2) is 191 Å². The maximum absolute atomic E-state index is 10.4. The summed E-state index contributed by atoms with van der Waals surface area (Å²) in [7, 11) is 0. The number of carboxylic acids is 12. The molecule has 0 aliphatic heterocycles. The first-order valence-electron chi connectivity index (χ1n) is 36.8. The number of carbonyl (C=O) groups is 24. The first-order chi connectivity index (χ1) is 53.2. The maximum Gasteiger partial charge on any atom is 3.00 e. The van der Waals surface area contributed by atoms with E-state index >= 15 is 0 Å². The fraction of sp³-hybridized carbons (Fsp3) is 0.688. The van der Waals surface area contributed by atoms with Gasteiger partial charge in [-0.15, -0.1) is 0 Å². The Morgan fingerprint density at radius 2 is 0.294 bits per heavy atom. The standard InChI is InChI=1S/6C6H10O3.6C5H8O3.2C4H10O.C3H8O.3Zr/c6*1-2-3-5(7)4-6(8)9;6*1-2-4(6)3-5(7)8;2*1-4(2)3-5;1-3(2)4;;;/h6*2-4H2,1H3,(H,8,9);6*2-3H2,1H3,(H,7,8);2*4-5H,3H2,1-2H3;3-4H,1-2H3;;;/q;;;;;;;;;;;;;;;3*+3/p-9. The third-order valence-corrected chi connectivity index (χ3v) is 10.4. The molecule has 119 heavy (non-hydrogen) atoms. The van der Waals surface area contributed by atoms with Crippen LogP contribution in [0.4, 0.5) is 0 Å². The molecule has 0 saturated carbocycles. The second-order valence-electron chi connectivity index (χ2n) is 24.0. The fourth-order valence-corrected chi connectivity index (χ4v) is 4.91. The van der Waals surface area contributed by atoms with E-state index < -0.39 is 129 Å². The Labute approximate surface area is 754 Å². The van der Waals surface area contributed by atoms with Gasteiger partial charge in [0.15, 0.2) is 0 Å². The smallest absolute Gasteiger partial charge is 0.550 e. The van der Waals surface area contributed by atoms with Gasteiger partial charge in [0.2, 0.25) is 0 Å². The summed E-state index contributed by atoms with van der Waals surface area (Å²) >= 11 is 0. The summed E-state index contributed by atoms with van der Waals surface area (Å²) in [5.41, 5.74) is 0. The van der Waals surface area contributed by atoms with Gasteiger partial charge in [0.25, 0.3) is 0 Å². The van der Waals surface area contributed by atoms with Gasteiger partial charge in [0, 0.05) is 208 Å². The summed E-state index contributed by atoms with van der Waals surface area (Å²) in [5.74, 6) is -16.9. The van der Waals surface area contributed by atoms with Gasteiger partial charge in [-0.25, -0.2) is 0 Å². The van der Waals surface area contributed by atoms with Crippen LogP contribution in [0.15, 0.2) is 0 Å². The summed E-state index contributed by atoms with van der Waals surface area (Å²) < 4.78 is 0. The zero-order chi connectivity index (χ0) is 95.2. The van der Waals surface area contributed by atoms with E-state index in [9.17, 15) is 161 Å². The Balaban J connectivity index is -0.0000000575. The molecule has 0 fully saturated rings. The molecule has 6 N–H and O–H groups in total. The van der Waals surface area contributed by atoms with E-state index in [-0.39, 0.29) is 193 Å². The minimum Gasteiger partial charge on any atom is -0.550 e. The molecule has 42 heteroatoms. The molecule has 3 radical (unpaired) electrons. The fourth-order valence-electron chi connectivity index (χ4n) is 4.91. The molecule has 0 aromatic heterocycles. The number of hydrogen-bond acceptors (Lipinski definition) is 36. The zero-order valence-corrected chi connectivity index (χ0v) is 79.4. The van der Waals surface area contributed by atoms with E-state index in [0.29, 0.717) is 121 Å². The van der Waals surface area contributed by atoms with Crippen LogP contribution in [0.2, 0.25) is 0 Å². The Morgan fingerprint density at radius 3 is 0.336 bits per heavy atom. The SMILES string of the molecule is CC(C)CO.CC(C)CO.CC(C)O.CCC(=O)CC(=O)O.CCC(=O)CC(=O)O.CCC(=O)CC(=O)O.CCC(=O)CC(=O)[O-].CCC(=O)CC(=O)[O-].CCC(=O)CC(=O)[O-].CCCC(=O)CC(=O)[O-].CCCC(=O)CC(=O)[O-].CCCC(=O)CC(=O)[O-].CCCC(=O)CC(=O)[O-].CCCC(=O)CC(=O)[O-].CCCC(=O)CC(=O)[O-].[Zr+3].[Zr+3].[Zr+3]. The maximum atomic E-state index is 10.4. The number of Topliss-reactive ketones (excluding diaryl/α,β-unsaturated/α-hetero) is 12. The predicted octanol–water partition coefficient (Wildman–Crippen LogP) is -2.74. The molecule has 0 aliphatic rings. The Kier molecular flexibility index (Phi) is 155. The molecule has 0 aromatic rings. The molecule has 0 aliphatic carbocycles. The van der Waals surface area contributed by atoms with Crippen molar-refractivity contribution in [3.8, 4) is 0 Å². The number of hydrogen-bond donors (Lipinski definition) is 6. The first-order valence-corrected chi connectivity index (χ1v) is 36.8. The molecule has 681 valence electrons. The van der Waals surface area contributed by atoms with Crippen molar-refractivity contribution < 1.29 is 270 Å². The van der Waals surface area contributed by atoms with Crippen molar-refractivity contribution in [2.45, 2.75) is 323 Å². The van der Waals surface area contributed by atoms with Crippen LogP contribution in [-0.2, 0) is 194 Å². The van der Waals surface area contributed by atoms with Crippen LogP contribution >= 0.6 is 0 Å². The van der Waals surface area contributed by atoms with Crippen LogP contribution < -0.4 is 46.0 Å². The van der Waals surface area contributed by atoms with Gasteiger partial charge in [-0.2, -0.15) is 0 Å². The van der Waals surface area contributed by atoms with Crippen molar-refractivity contribution in [3.05, 3.63) is 0 Å². The van der Waals surface area contributed by atoms with Crippen molar-refractivity contribution in [3.63, 3.8) is 0 Å². The number of aliphatic hydroxyl groups excluding tert-OH is 3. The summed E-state index contributed by atoms with van der Waals surface area (Å²) in [6, 6.07) is 0. The molecule has 0 bridgehead atoms. The summed E-state index contributed by atoms with van der Waals surface area (Å²) in [4.78, 5) is 241. The molecule has 0 unspecified atom stereocenters. The van der Waals surface area contributed by atoms with Gasteiger partial charge < -0.3 is 120 Å². The Bertz CT molecular complexity index is 2350. The van der Waals surface area contributed by atoms with Gasteiger partial charge in [0.1, 0.15) is 88.7 Å². The van der Waals surface area contributed by atoms with Gasteiger partial charge in [-0.3, -0.25) is 71.9 Å². The predicted molar refractivity (Wildman–Crippen MR) is 396 cm³/mol. The van der Waals surface area contributed by atoms with Crippen molar-refractivity contribution in [2.24, 2.45) is 11.8 Å². The first kappa shape index (κ1) is 155. The van der Waals surface area contributed by atoms with Gasteiger partial charge in [-0.1, -0.05) is 111 Å². The van der Waals surface area contributed by atoms with E-state index in [0.717, 1.165) is 0 Å². The number of aliphatic carboxylic acids is 12. The average Bonchev–Trinajstić information content (AvgIpc) is 1.04. The topological polar surface area (TPSA) is 739 Å². The third-order valence-electron chi connectivity index (χ3n) is 10.4. The van der Waals surface area contributed by atoms with Gasteiger partial charge in [0.05, 0.1) is 0 Å². The molecular weight excluding hydrogens is 1820 g/mol. The number of aliphatic hydroxyl groups is 3. The normalized spacial score (nSPS) is 8.67. The minimum absolute atomic E-state index is 0. The van der Waals surface area contributed by atoms with Crippen molar-refractivity contribution >= 4 is 141 Å². The average molecular weight is 1950 g/mol. The van der Waals surface area contributed by atoms with Crippen molar-refractivity contribution in [1.29, 1.82) is 0 Å². The number of rotatable bonds is 44. The van der Waals surface area contributed by atoms with Crippen LogP contribution in [0.1, 0.15) is 317 Å². The van der Waals surface area contributed by atoms with E-state index in [1.807, 2.05) is 69.2 Å². The molecule has 0 aromatic carbocycles. The number of carbonyl (C=O) groups excluding carboxylic acids is 21. The Hall–Kier alpha value is -7.79. The summed E-state index contributed by atoms with van der Waals surface area (Å²) in [6.45, 7) is 32.7. The van der Waals surface area contributed by atoms with Crippen LogP contribution in [0.5, 0.6) is 0 Å². The van der Waals surface area contributed by atoms with Crippen LogP contribution in [0, 0.1) is 11.8 Å². The molecule has 39 nitrogen and oxygen atoms in total. The molecular formula is C77H127O39Zr3. The van der Waals surface area contributed by atoms with Gasteiger partial charge in [-0.05, 0) is 64.2 Å². The quantitative estimate of drug-likeness (QED) is 0.0337. The minimum atomic E-state index is -1.29. The zero-order valence-electron chi connectivity index (χ0n) is 72.0. The van der Waals surface area contributed by atoms with E-state index in [1.54, 1.807) is 55.4 Å². The third kappa shape index (κ3) is 234. The largest absolute Gasteiger partial charge is 3.00 e. The second-order valence-corrected chi connectivity index (χ2v) is 24.0. The van der Waals surface area contributed by atoms with E-state index in [4.69, 9.17) is 30.6 Å². The molecule has 0 amide bonds. The summed E-state index contributed by atoms with van der Waals surface area (Å²) in [5, 5.41) is 136. The van der Waals surface area contributed by atoms with Crippen LogP contribution in [0.25, 0.3) is 0 Å². The molecule has 0 atom stereocenters. The summed E-state index contributed by atoms with van der Waals surface area (Å²) in [6.07, 6.45) is 2.86. The van der Waals surface area contributed by atoms with E-state index in [2.05, 4.69) is 0 Å². The number of ketones is 12. The van der Waals surface area contributed by atoms with Gasteiger partial charge >= 0.3 is 96.5 Å². The van der Waals surface area contributed by atoms with E-state index in [1.165, 1.54) is 0 Å². The molecule has 0 saturated heterocycles. The van der Waals surface area contributed by atoms with Crippen molar-refractivity contribution in [1.82, 2.24) is 0 Å². The Morgan fingerprint density at radius 1 is 0.210 bits per heavy atom. The van der Waals surface area contributed by atoms with Crippen LogP contribution in [0.3, 0.4) is 0 Å².